The zero-order valence-electron chi connectivity index (χ0n) is 13.2. The van der Waals surface area contributed by atoms with Crippen LogP contribution in [0.5, 0.6) is 0 Å². The fraction of sp³-hybridized carbons (Fsp3) is 0.235. The molecule has 1 aromatic heterocycles. The van der Waals surface area contributed by atoms with Crippen LogP contribution in [0.2, 0.25) is 5.02 Å². The molecule has 0 spiro atoms. The Balaban J connectivity index is 1.79. The largest absolute Gasteiger partial charge is 0.416 e. The maximum Gasteiger partial charge on any atom is 0.416 e. The number of halogens is 4. The van der Waals surface area contributed by atoms with Crippen LogP contribution in [0.1, 0.15) is 39.1 Å². The van der Waals surface area contributed by atoms with Gasteiger partial charge in [0, 0.05) is 18.4 Å². The summed E-state index contributed by atoms with van der Waals surface area (Å²) in [6, 6.07) is 4.09. The van der Waals surface area contributed by atoms with E-state index in [4.69, 9.17) is 11.6 Å². The number of amides is 2. The zero-order chi connectivity index (χ0) is 18.9. The fourth-order valence-electron chi connectivity index (χ4n) is 2.18. The summed E-state index contributed by atoms with van der Waals surface area (Å²) in [7, 11) is 0. The number of carbonyl (C=O) groups excluding carboxylic acids is 2. The summed E-state index contributed by atoms with van der Waals surface area (Å²) in [4.78, 5) is 28.2. The SMILES string of the molecule is O=C(Nc1cc(C(F)(F)F)ccc1Cl)c1cncc(C(=O)NC2CC2)c1. The quantitative estimate of drug-likeness (QED) is 0.841. The molecule has 0 saturated heterocycles. The monoisotopic (exact) mass is 383 g/mol. The lowest BCUT2D eigenvalue weighted by Crippen LogP contribution is -2.26. The van der Waals surface area contributed by atoms with Crippen molar-refractivity contribution in [3.8, 4) is 0 Å². The lowest BCUT2D eigenvalue weighted by Gasteiger charge is -2.12. The number of aromatic nitrogens is 1. The van der Waals surface area contributed by atoms with Crippen molar-refractivity contribution in [3.05, 3.63) is 58.4 Å². The number of alkyl halides is 3. The van der Waals surface area contributed by atoms with Gasteiger partial charge in [0.2, 0.25) is 0 Å². The number of benzene rings is 1. The van der Waals surface area contributed by atoms with Gasteiger partial charge in [0.05, 0.1) is 27.4 Å². The second-order valence-electron chi connectivity index (χ2n) is 5.86. The van der Waals surface area contributed by atoms with Gasteiger partial charge in [0.15, 0.2) is 0 Å². The highest BCUT2D eigenvalue weighted by Gasteiger charge is 2.31. The van der Waals surface area contributed by atoms with Gasteiger partial charge < -0.3 is 10.6 Å². The summed E-state index contributed by atoms with van der Waals surface area (Å²) in [5.74, 6) is -1.08. The van der Waals surface area contributed by atoms with Gasteiger partial charge >= 0.3 is 6.18 Å². The summed E-state index contributed by atoms with van der Waals surface area (Å²) in [5.41, 5.74) is -0.895. The minimum atomic E-state index is -4.56. The van der Waals surface area contributed by atoms with E-state index in [-0.39, 0.29) is 33.8 Å². The molecule has 26 heavy (non-hydrogen) atoms. The van der Waals surface area contributed by atoms with Crippen LogP contribution in [0.3, 0.4) is 0 Å². The van der Waals surface area contributed by atoms with E-state index >= 15 is 0 Å². The number of hydrogen-bond acceptors (Lipinski definition) is 3. The first-order valence-electron chi connectivity index (χ1n) is 7.68. The van der Waals surface area contributed by atoms with E-state index in [2.05, 4.69) is 15.6 Å². The smallest absolute Gasteiger partial charge is 0.349 e. The third kappa shape index (κ3) is 4.32. The predicted molar refractivity (Wildman–Crippen MR) is 89.1 cm³/mol. The summed E-state index contributed by atoms with van der Waals surface area (Å²) in [5, 5.41) is 5.04. The number of nitrogens with zero attached hydrogens (tertiary/aromatic N) is 1. The maximum absolute atomic E-state index is 12.8. The van der Waals surface area contributed by atoms with E-state index in [0.29, 0.717) is 0 Å². The third-order valence-corrected chi connectivity index (χ3v) is 4.05. The minimum Gasteiger partial charge on any atom is -0.349 e. The molecule has 136 valence electrons. The van der Waals surface area contributed by atoms with Gasteiger partial charge in [0.25, 0.3) is 11.8 Å². The average molecular weight is 384 g/mol. The molecule has 0 unspecified atom stereocenters. The third-order valence-electron chi connectivity index (χ3n) is 3.72. The number of hydrogen-bond donors (Lipinski definition) is 2. The normalized spacial score (nSPS) is 14.0. The number of anilines is 1. The molecule has 1 fully saturated rings. The Morgan fingerprint density at radius 1 is 1.08 bits per heavy atom. The van der Waals surface area contributed by atoms with Crippen molar-refractivity contribution in [3.63, 3.8) is 0 Å². The Bertz CT molecular complexity index is 867. The van der Waals surface area contributed by atoms with E-state index in [9.17, 15) is 22.8 Å². The van der Waals surface area contributed by atoms with Crippen molar-refractivity contribution in [1.82, 2.24) is 10.3 Å². The first kappa shape index (κ1) is 18.2. The van der Waals surface area contributed by atoms with Gasteiger partial charge in [-0.05, 0) is 37.1 Å². The van der Waals surface area contributed by atoms with Crippen molar-refractivity contribution in [2.45, 2.75) is 25.1 Å². The first-order chi connectivity index (χ1) is 12.2. The van der Waals surface area contributed by atoms with Crippen molar-refractivity contribution < 1.29 is 22.8 Å². The minimum absolute atomic E-state index is 0.0296. The molecular formula is C17H13ClF3N3O2. The molecule has 1 heterocycles. The number of nitrogens with one attached hydrogen (secondary N) is 2. The molecule has 5 nitrogen and oxygen atoms in total. The molecule has 2 amide bonds. The fourth-order valence-corrected chi connectivity index (χ4v) is 2.34. The standard InChI is InChI=1S/C17H13ClF3N3O2/c18-13-4-1-11(17(19,20)21)6-14(13)24-16(26)10-5-9(7-22-8-10)15(25)23-12-2-3-12/h1,4-8,12H,2-3H2,(H,23,25)(H,24,26). The molecule has 1 aromatic carbocycles. The van der Waals surface area contributed by atoms with E-state index < -0.39 is 17.6 Å². The van der Waals surface area contributed by atoms with E-state index in [1.54, 1.807) is 0 Å². The van der Waals surface area contributed by atoms with Crippen molar-refractivity contribution >= 4 is 29.1 Å². The molecule has 2 N–H and O–H groups in total. The average Bonchev–Trinajstić information content (AvgIpc) is 3.40. The van der Waals surface area contributed by atoms with Gasteiger partial charge in [-0.25, -0.2) is 0 Å². The van der Waals surface area contributed by atoms with Crippen LogP contribution in [0.15, 0.2) is 36.7 Å². The topological polar surface area (TPSA) is 71.1 Å². The van der Waals surface area contributed by atoms with Crippen molar-refractivity contribution in [2.75, 3.05) is 5.32 Å². The van der Waals surface area contributed by atoms with Crippen molar-refractivity contribution in [2.24, 2.45) is 0 Å². The van der Waals surface area contributed by atoms with E-state index in [1.165, 1.54) is 18.5 Å². The van der Waals surface area contributed by atoms with Crippen LogP contribution in [0, 0.1) is 0 Å². The second-order valence-corrected chi connectivity index (χ2v) is 6.26. The molecule has 1 aliphatic carbocycles. The van der Waals surface area contributed by atoms with Crippen molar-refractivity contribution in [1.29, 1.82) is 0 Å². The summed E-state index contributed by atoms with van der Waals surface area (Å²) < 4.78 is 38.4. The molecular weight excluding hydrogens is 371 g/mol. The van der Waals surface area contributed by atoms with Gasteiger partial charge in [-0.1, -0.05) is 11.6 Å². The molecule has 9 heteroatoms. The maximum atomic E-state index is 12.8. The molecule has 2 aromatic rings. The Morgan fingerprint density at radius 2 is 1.73 bits per heavy atom. The Kier molecular flexibility index (Phi) is 4.86. The lowest BCUT2D eigenvalue weighted by atomic mass is 10.1. The van der Waals surface area contributed by atoms with Gasteiger partial charge in [-0.15, -0.1) is 0 Å². The highest BCUT2D eigenvalue weighted by molar-refractivity contribution is 6.34. The van der Waals surface area contributed by atoms with Gasteiger partial charge in [-0.2, -0.15) is 13.2 Å². The lowest BCUT2D eigenvalue weighted by molar-refractivity contribution is -0.137. The highest BCUT2D eigenvalue weighted by Crippen LogP contribution is 2.34. The molecule has 1 saturated carbocycles. The first-order valence-corrected chi connectivity index (χ1v) is 8.06. The van der Waals surface area contributed by atoms with Gasteiger partial charge in [0.1, 0.15) is 0 Å². The van der Waals surface area contributed by atoms with Crippen LogP contribution in [-0.2, 0) is 6.18 Å². The number of carbonyl (C=O) groups is 2. The predicted octanol–water partition coefficient (Wildman–Crippen LogP) is 3.90. The molecule has 1 aliphatic rings. The second kappa shape index (κ2) is 6.95. The summed E-state index contributed by atoms with van der Waals surface area (Å²) in [6.07, 6.45) is -0.219. The Labute approximate surface area is 151 Å². The number of rotatable bonds is 4. The number of pyridine rings is 1. The van der Waals surface area contributed by atoms with Gasteiger partial charge in [-0.3, -0.25) is 14.6 Å². The van der Waals surface area contributed by atoms with Crippen LogP contribution < -0.4 is 10.6 Å². The van der Waals surface area contributed by atoms with E-state index in [1.807, 2.05) is 0 Å². The molecule has 3 rings (SSSR count). The summed E-state index contributed by atoms with van der Waals surface area (Å²) in [6.45, 7) is 0. The summed E-state index contributed by atoms with van der Waals surface area (Å²) >= 11 is 5.86. The molecule has 0 radical (unpaired) electrons. The molecule has 0 atom stereocenters. The highest BCUT2D eigenvalue weighted by atomic mass is 35.5. The zero-order valence-corrected chi connectivity index (χ0v) is 14.0. The molecule has 0 bridgehead atoms. The molecule has 0 aliphatic heterocycles. The van der Waals surface area contributed by atoms with Crippen LogP contribution in [-0.4, -0.2) is 22.8 Å². The Morgan fingerprint density at radius 3 is 2.35 bits per heavy atom. The Hall–Kier alpha value is -2.61. The van der Waals surface area contributed by atoms with E-state index in [0.717, 1.165) is 31.0 Å². The van der Waals surface area contributed by atoms with Crippen LogP contribution >= 0.6 is 11.6 Å². The van der Waals surface area contributed by atoms with Crippen LogP contribution in [0.4, 0.5) is 18.9 Å². The van der Waals surface area contributed by atoms with Crippen LogP contribution in [0.25, 0.3) is 0 Å².